The number of carbonyl (C=O) groups excluding carboxylic acids is 1. The monoisotopic (exact) mass is 837 g/mol. The zero-order chi connectivity index (χ0) is 43.6. The molecule has 0 saturated carbocycles. The van der Waals surface area contributed by atoms with Crippen molar-refractivity contribution >= 4 is 5.97 Å². The van der Waals surface area contributed by atoms with E-state index < -0.39 is 43.4 Å². The Labute approximate surface area is 363 Å². The Kier molecular flexibility index (Phi) is 37.3. The zero-order valence-electron chi connectivity index (χ0n) is 36.9. The van der Waals surface area contributed by atoms with Crippen LogP contribution in [0.4, 0.5) is 0 Å². The molecule has 1 aliphatic rings. The minimum Gasteiger partial charge on any atom is -0.457 e. The first kappa shape index (κ1) is 54.6. The standard InChI is InChI=1S/C51H80O9/c1-3-5-7-9-11-13-15-17-19-21-22-23-24-25-26-28-30-32-34-36-38-40-47(53)59-45(44-58-51-50(56)49(55)48(54)46(42-52)60-51)43-57-41-39-37-35-33-31-29-27-20-18-16-14-12-10-8-6-4-2/h5-8,11-14,17-20,22-23,25-26,29,31,35,37,45-46,48-52,54-56H,3-4,9-10,15-16,21,24,27-28,30,32-34,36,38-44H2,1-2H3/b7-5-,8-6-,13-11-,14-12-,19-17-,20-18-,23-22-,26-25-,31-29-,37-35-. The van der Waals surface area contributed by atoms with Crippen LogP contribution in [0, 0.1) is 0 Å². The number of allylic oxidation sites excluding steroid dienone is 19. The van der Waals surface area contributed by atoms with Gasteiger partial charge in [0.2, 0.25) is 0 Å². The molecule has 0 aromatic carbocycles. The van der Waals surface area contributed by atoms with Crippen molar-refractivity contribution in [1.82, 2.24) is 0 Å². The summed E-state index contributed by atoms with van der Waals surface area (Å²) in [5.74, 6) is -0.363. The molecule has 1 rings (SSSR count). The fourth-order valence-corrected chi connectivity index (χ4v) is 5.93. The van der Waals surface area contributed by atoms with Crippen LogP contribution in [0.15, 0.2) is 122 Å². The predicted molar refractivity (Wildman–Crippen MR) is 246 cm³/mol. The summed E-state index contributed by atoms with van der Waals surface area (Å²) >= 11 is 0. The van der Waals surface area contributed by atoms with Gasteiger partial charge in [0.15, 0.2) is 6.29 Å². The Morgan fingerprint density at radius 1 is 0.533 bits per heavy atom. The number of hydrogen-bond donors (Lipinski definition) is 4. The molecule has 6 unspecified atom stereocenters. The van der Waals surface area contributed by atoms with Crippen LogP contribution in [0.3, 0.4) is 0 Å². The van der Waals surface area contributed by atoms with Crippen LogP contribution in [0.2, 0.25) is 0 Å². The normalized spacial score (nSPS) is 21.2. The average molecular weight is 837 g/mol. The number of aliphatic hydroxyl groups is 4. The van der Waals surface area contributed by atoms with Crippen molar-refractivity contribution in [3.05, 3.63) is 122 Å². The van der Waals surface area contributed by atoms with Gasteiger partial charge in [-0.05, 0) is 89.9 Å². The fraction of sp³-hybridized carbons (Fsp3) is 0.588. The third-order valence-corrected chi connectivity index (χ3v) is 9.39. The quantitative estimate of drug-likeness (QED) is 0.0276. The molecule has 1 saturated heterocycles. The molecule has 0 bridgehead atoms. The van der Waals surface area contributed by atoms with Gasteiger partial charge >= 0.3 is 5.97 Å². The van der Waals surface area contributed by atoms with Crippen molar-refractivity contribution in [3.8, 4) is 0 Å². The van der Waals surface area contributed by atoms with Gasteiger partial charge in [-0.3, -0.25) is 4.79 Å². The van der Waals surface area contributed by atoms with Crippen LogP contribution in [-0.4, -0.2) is 89.6 Å². The SMILES string of the molecule is CC/C=C\C/C=C\C/C=C\C/C=C\C/C=C\CCCCCCCC(=O)OC(COCC/C=C\C/C=C\C/C=C\C/C=C\C/C=C\CC)COC1OC(CO)C(O)C(O)C1O. The van der Waals surface area contributed by atoms with Crippen molar-refractivity contribution in [3.63, 3.8) is 0 Å². The molecular weight excluding hydrogens is 757 g/mol. The Balaban J connectivity index is 2.34. The minimum absolute atomic E-state index is 0.0731. The molecular formula is C51H80O9. The molecule has 60 heavy (non-hydrogen) atoms. The predicted octanol–water partition coefficient (Wildman–Crippen LogP) is 10.4. The van der Waals surface area contributed by atoms with Gasteiger partial charge in [-0.25, -0.2) is 0 Å². The average Bonchev–Trinajstić information content (AvgIpc) is 3.25. The van der Waals surface area contributed by atoms with E-state index in [-0.39, 0.29) is 25.6 Å². The lowest BCUT2D eigenvalue weighted by atomic mass is 9.99. The lowest BCUT2D eigenvalue weighted by Gasteiger charge is -2.39. The highest BCUT2D eigenvalue weighted by atomic mass is 16.7. The second kappa shape index (κ2) is 41.0. The number of ether oxygens (including phenoxy) is 4. The number of unbranched alkanes of at least 4 members (excludes halogenated alkanes) is 5. The van der Waals surface area contributed by atoms with Crippen LogP contribution in [-0.2, 0) is 23.7 Å². The molecule has 1 fully saturated rings. The van der Waals surface area contributed by atoms with Gasteiger partial charge in [0.25, 0.3) is 0 Å². The highest BCUT2D eigenvalue weighted by Gasteiger charge is 2.44. The van der Waals surface area contributed by atoms with Crippen LogP contribution < -0.4 is 0 Å². The van der Waals surface area contributed by atoms with Gasteiger partial charge in [-0.15, -0.1) is 0 Å². The smallest absolute Gasteiger partial charge is 0.306 e. The molecule has 4 N–H and O–H groups in total. The maximum Gasteiger partial charge on any atom is 0.306 e. The molecule has 9 nitrogen and oxygen atoms in total. The van der Waals surface area contributed by atoms with Gasteiger partial charge < -0.3 is 39.4 Å². The van der Waals surface area contributed by atoms with Gasteiger partial charge in [0.05, 0.1) is 26.4 Å². The van der Waals surface area contributed by atoms with E-state index in [0.29, 0.717) is 19.4 Å². The second-order valence-electron chi connectivity index (χ2n) is 14.7. The van der Waals surface area contributed by atoms with E-state index in [1.54, 1.807) is 0 Å². The largest absolute Gasteiger partial charge is 0.457 e. The third kappa shape index (κ3) is 31.5. The molecule has 9 heteroatoms. The summed E-state index contributed by atoms with van der Waals surface area (Å²) in [7, 11) is 0. The van der Waals surface area contributed by atoms with Gasteiger partial charge in [-0.1, -0.05) is 155 Å². The van der Waals surface area contributed by atoms with E-state index in [0.717, 1.165) is 96.3 Å². The van der Waals surface area contributed by atoms with E-state index in [2.05, 4.69) is 129 Å². The number of esters is 1. The highest BCUT2D eigenvalue weighted by molar-refractivity contribution is 5.69. The second-order valence-corrected chi connectivity index (χ2v) is 14.7. The topological polar surface area (TPSA) is 135 Å². The maximum absolute atomic E-state index is 12.8. The fourth-order valence-electron chi connectivity index (χ4n) is 5.93. The van der Waals surface area contributed by atoms with Gasteiger partial charge in [0, 0.05) is 6.42 Å². The Morgan fingerprint density at radius 3 is 1.45 bits per heavy atom. The molecule has 0 radical (unpaired) electrons. The van der Waals surface area contributed by atoms with E-state index in [1.165, 1.54) is 0 Å². The highest BCUT2D eigenvalue weighted by Crippen LogP contribution is 2.22. The van der Waals surface area contributed by atoms with E-state index in [9.17, 15) is 25.2 Å². The van der Waals surface area contributed by atoms with Crippen molar-refractivity contribution in [2.75, 3.05) is 26.4 Å². The Bertz CT molecular complexity index is 1320. The van der Waals surface area contributed by atoms with E-state index in [1.807, 2.05) is 6.08 Å². The molecule has 1 heterocycles. The molecule has 338 valence electrons. The first-order valence-corrected chi connectivity index (χ1v) is 22.6. The Morgan fingerprint density at radius 2 is 0.967 bits per heavy atom. The van der Waals surface area contributed by atoms with Crippen LogP contribution in [0.25, 0.3) is 0 Å². The summed E-state index contributed by atoms with van der Waals surface area (Å²) in [5, 5.41) is 40.1. The summed E-state index contributed by atoms with van der Waals surface area (Å²) in [6.07, 6.45) is 52.4. The molecule has 0 aromatic heterocycles. The molecule has 0 spiro atoms. The molecule has 6 atom stereocenters. The summed E-state index contributed by atoms with van der Waals surface area (Å²) in [6.45, 7) is 4.05. The first-order valence-electron chi connectivity index (χ1n) is 22.6. The summed E-state index contributed by atoms with van der Waals surface area (Å²) in [5.41, 5.74) is 0. The number of aliphatic hydroxyl groups excluding tert-OH is 4. The third-order valence-electron chi connectivity index (χ3n) is 9.39. The Hall–Kier alpha value is -3.41. The van der Waals surface area contributed by atoms with Crippen molar-refractivity contribution < 1.29 is 44.2 Å². The van der Waals surface area contributed by atoms with Gasteiger partial charge in [-0.2, -0.15) is 0 Å². The zero-order valence-corrected chi connectivity index (χ0v) is 36.9. The summed E-state index contributed by atoms with van der Waals surface area (Å²) < 4.78 is 22.7. The maximum atomic E-state index is 12.8. The van der Waals surface area contributed by atoms with Gasteiger partial charge in [0.1, 0.15) is 30.5 Å². The van der Waals surface area contributed by atoms with E-state index >= 15 is 0 Å². The van der Waals surface area contributed by atoms with Crippen molar-refractivity contribution in [1.29, 1.82) is 0 Å². The summed E-state index contributed by atoms with van der Waals surface area (Å²) in [6, 6.07) is 0. The number of rotatable bonds is 36. The number of carbonyl (C=O) groups is 1. The van der Waals surface area contributed by atoms with Crippen molar-refractivity contribution in [2.24, 2.45) is 0 Å². The number of hydrogen-bond acceptors (Lipinski definition) is 9. The lowest BCUT2D eigenvalue weighted by molar-refractivity contribution is -0.305. The summed E-state index contributed by atoms with van der Waals surface area (Å²) in [4.78, 5) is 12.8. The van der Waals surface area contributed by atoms with Crippen LogP contribution >= 0.6 is 0 Å². The first-order chi connectivity index (χ1) is 29.4. The molecule has 0 amide bonds. The van der Waals surface area contributed by atoms with Crippen LogP contribution in [0.5, 0.6) is 0 Å². The molecule has 0 aliphatic carbocycles. The minimum atomic E-state index is -1.56. The van der Waals surface area contributed by atoms with E-state index in [4.69, 9.17) is 18.9 Å². The van der Waals surface area contributed by atoms with Crippen LogP contribution in [0.1, 0.15) is 129 Å². The molecule has 1 aliphatic heterocycles. The lowest BCUT2D eigenvalue weighted by Crippen LogP contribution is -2.59. The molecule has 0 aromatic rings. The van der Waals surface area contributed by atoms with Crippen molar-refractivity contribution in [2.45, 2.75) is 166 Å².